The van der Waals surface area contributed by atoms with E-state index < -0.39 is 20.5 Å². The maximum absolute atomic E-state index is 13.0. The molecule has 0 aliphatic carbocycles. The first-order chi connectivity index (χ1) is 11.4. The molecule has 136 valence electrons. The van der Waals surface area contributed by atoms with Crippen molar-refractivity contribution >= 4 is 32.2 Å². The van der Waals surface area contributed by atoms with Gasteiger partial charge in [-0.25, -0.2) is 13.4 Å². The lowest BCUT2D eigenvalue weighted by molar-refractivity contribution is -0.117. The summed E-state index contributed by atoms with van der Waals surface area (Å²) in [6, 6.07) is 6.67. The number of sulfone groups is 1. The van der Waals surface area contributed by atoms with Crippen molar-refractivity contribution in [3.8, 4) is 0 Å². The maximum Gasteiger partial charge on any atom is 0.247 e. The molecule has 25 heavy (non-hydrogen) atoms. The standard InChI is InChI=1S/C18H24N2O3S2/c1-12-9-7-8-10-13(12)25(22,23)18(5,6)15(21)20-16-19-14(11-24-16)17(2,3)4/h7-11H,1-6H3,(H,19,20,21). The van der Waals surface area contributed by atoms with Gasteiger partial charge in [0.05, 0.1) is 10.6 Å². The molecule has 7 heteroatoms. The smallest absolute Gasteiger partial charge is 0.247 e. The summed E-state index contributed by atoms with van der Waals surface area (Å²) >= 11 is 1.29. The highest BCUT2D eigenvalue weighted by atomic mass is 32.2. The quantitative estimate of drug-likeness (QED) is 0.872. The first-order valence-electron chi connectivity index (χ1n) is 7.95. The van der Waals surface area contributed by atoms with Gasteiger partial charge in [0.1, 0.15) is 4.75 Å². The Morgan fingerprint density at radius 3 is 2.24 bits per heavy atom. The topological polar surface area (TPSA) is 76.1 Å². The van der Waals surface area contributed by atoms with Crippen molar-refractivity contribution in [1.82, 2.24) is 4.98 Å². The Morgan fingerprint density at radius 2 is 1.72 bits per heavy atom. The van der Waals surface area contributed by atoms with Crippen LogP contribution in [-0.4, -0.2) is 24.1 Å². The van der Waals surface area contributed by atoms with E-state index in [0.29, 0.717) is 10.7 Å². The molecule has 0 atom stereocenters. The summed E-state index contributed by atoms with van der Waals surface area (Å²) in [4.78, 5) is 17.3. The fourth-order valence-corrected chi connectivity index (χ4v) is 4.70. The van der Waals surface area contributed by atoms with Crippen LogP contribution in [0.3, 0.4) is 0 Å². The van der Waals surface area contributed by atoms with Crippen LogP contribution in [0, 0.1) is 6.92 Å². The molecule has 1 aromatic carbocycles. The molecule has 0 aliphatic heterocycles. The van der Waals surface area contributed by atoms with Crippen LogP contribution < -0.4 is 5.32 Å². The summed E-state index contributed by atoms with van der Waals surface area (Å²) in [5.74, 6) is -0.592. The summed E-state index contributed by atoms with van der Waals surface area (Å²) in [5, 5.41) is 4.94. The molecule has 5 nitrogen and oxygen atoms in total. The summed E-state index contributed by atoms with van der Waals surface area (Å²) in [6.45, 7) is 10.6. The molecule has 0 unspecified atom stereocenters. The molecular formula is C18H24N2O3S2. The molecule has 0 aliphatic rings. The highest BCUT2D eigenvalue weighted by molar-refractivity contribution is 7.93. The maximum atomic E-state index is 13.0. The van der Waals surface area contributed by atoms with Gasteiger partial charge in [-0.15, -0.1) is 11.3 Å². The molecule has 1 heterocycles. The van der Waals surface area contributed by atoms with E-state index in [1.807, 2.05) is 26.2 Å². The molecule has 1 aromatic heterocycles. The second-order valence-electron chi connectivity index (χ2n) is 7.52. The Morgan fingerprint density at radius 1 is 1.12 bits per heavy atom. The summed E-state index contributed by atoms with van der Waals surface area (Å²) < 4.78 is 24.4. The first kappa shape index (κ1) is 19.6. The average Bonchev–Trinajstić information content (AvgIpc) is 2.96. The predicted molar refractivity (Wildman–Crippen MR) is 102 cm³/mol. The van der Waals surface area contributed by atoms with Gasteiger partial charge in [-0.3, -0.25) is 4.79 Å². The third kappa shape index (κ3) is 3.77. The lowest BCUT2D eigenvalue weighted by Gasteiger charge is -2.24. The van der Waals surface area contributed by atoms with E-state index in [4.69, 9.17) is 0 Å². The van der Waals surface area contributed by atoms with E-state index in [2.05, 4.69) is 10.3 Å². The van der Waals surface area contributed by atoms with Gasteiger partial charge in [-0.05, 0) is 32.4 Å². The van der Waals surface area contributed by atoms with E-state index in [9.17, 15) is 13.2 Å². The van der Waals surface area contributed by atoms with E-state index in [0.717, 1.165) is 5.69 Å². The molecule has 0 saturated carbocycles. The Kier molecular flexibility index (Phi) is 5.12. The molecule has 2 aromatic rings. The van der Waals surface area contributed by atoms with Crippen molar-refractivity contribution in [2.45, 2.75) is 56.6 Å². The zero-order valence-electron chi connectivity index (χ0n) is 15.4. The third-order valence-corrected chi connectivity index (χ3v) is 7.42. The van der Waals surface area contributed by atoms with Gasteiger partial charge < -0.3 is 5.32 Å². The number of hydrogen-bond acceptors (Lipinski definition) is 5. The van der Waals surface area contributed by atoms with Crippen LogP contribution in [-0.2, 0) is 20.0 Å². The minimum atomic E-state index is -3.85. The van der Waals surface area contributed by atoms with Crippen LogP contribution in [0.2, 0.25) is 0 Å². The van der Waals surface area contributed by atoms with Crippen LogP contribution in [0.4, 0.5) is 5.13 Å². The fourth-order valence-electron chi connectivity index (χ4n) is 2.18. The minimum Gasteiger partial charge on any atom is -0.301 e. The van der Waals surface area contributed by atoms with Gasteiger partial charge in [-0.2, -0.15) is 0 Å². The van der Waals surface area contributed by atoms with Gasteiger partial charge in [-0.1, -0.05) is 39.0 Å². The summed E-state index contributed by atoms with van der Waals surface area (Å²) in [6.07, 6.45) is 0. The first-order valence-corrected chi connectivity index (χ1v) is 10.3. The largest absolute Gasteiger partial charge is 0.301 e. The van der Waals surface area contributed by atoms with Crippen molar-refractivity contribution < 1.29 is 13.2 Å². The van der Waals surface area contributed by atoms with Gasteiger partial charge in [0.2, 0.25) is 5.91 Å². The molecule has 1 amide bonds. The molecule has 2 rings (SSSR count). The molecular weight excluding hydrogens is 356 g/mol. The van der Waals surface area contributed by atoms with Crippen molar-refractivity contribution in [3.63, 3.8) is 0 Å². The van der Waals surface area contributed by atoms with E-state index in [-0.39, 0.29) is 10.3 Å². The number of aromatic nitrogens is 1. The van der Waals surface area contributed by atoms with Gasteiger partial charge in [0.25, 0.3) is 0 Å². The number of aryl methyl sites for hydroxylation is 1. The molecule has 0 radical (unpaired) electrons. The Hall–Kier alpha value is -1.73. The normalized spacial score (nSPS) is 12.9. The second kappa shape index (κ2) is 6.53. The number of anilines is 1. The lowest BCUT2D eigenvalue weighted by atomic mass is 9.93. The fraction of sp³-hybridized carbons (Fsp3) is 0.444. The number of carbonyl (C=O) groups excluding carboxylic acids is 1. The summed E-state index contributed by atoms with van der Waals surface area (Å²) in [7, 11) is -3.85. The highest BCUT2D eigenvalue weighted by Gasteiger charge is 2.43. The number of hydrogen-bond donors (Lipinski definition) is 1. The predicted octanol–water partition coefficient (Wildman–Crippen LogP) is 3.94. The zero-order chi connectivity index (χ0) is 19.0. The average molecular weight is 381 g/mol. The van der Waals surface area contributed by atoms with E-state index in [1.165, 1.54) is 31.3 Å². The number of thiazole rings is 1. The molecule has 0 fully saturated rings. The third-order valence-electron chi connectivity index (χ3n) is 4.09. The number of amides is 1. The molecule has 0 spiro atoms. The number of rotatable bonds is 4. The Balaban J connectivity index is 2.31. The molecule has 0 saturated heterocycles. The number of carbonyl (C=O) groups is 1. The van der Waals surface area contributed by atoms with Crippen LogP contribution in [0.25, 0.3) is 0 Å². The van der Waals surface area contributed by atoms with Gasteiger partial charge in [0, 0.05) is 10.8 Å². The number of benzene rings is 1. The lowest BCUT2D eigenvalue weighted by Crippen LogP contribution is -2.44. The Labute approximate surface area is 153 Å². The molecule has 1 N–H and O–H groups in total. The zero-order valence-corrected chi connectivity index (χ0v) is 17.0. The van der Waals surface area contributed by atoms with E-state index >= 15 is 0 Å². The van der Waals surface area contributed by atoms with Crippen LogP contribution in [0.15, 0.2) is 34.5 Å². The number of nitrogens with zero attached hydrogens (tertiary/aromatic N) is 1. The van der Waals surface area contributed by atoms with Crippen molar-refractivity contribution in [3.05, 3.63) is 40.9 Å². The van der Waals surface area contributed by atoms with Crippen molar-refractivity contribution in [2.24, 2.45) is 0 Å². The van der Waals surface area contributed by atoms with Crippen molar-refractivity contribution in [1.29, 1.82) is 0 Å². The monoisotopic (exact) mass is 380 g/mol. The highest BCUT2D eigenvalue weighted by Crippen LogP contribution is 2.31. The van der Waals surface area contributed by atoms with Gasteiger partial charge >= 0.3 is 0 Å². The van der Waals surface area contributed by atoms with E-state index in [1.54, 1.807) is 25.1 Å². The summed E-state index contributed by atoms with van der Waals surface area (Å²) in [5.41, 5.74) is 1.34. The SMILES string of the molecule is Cc1ccccc1S(=O)(=O)C(C)(C)C(=O)Nc1nc(C(C)(C)C)cs1. The van der Waals surface area contributed by atoms with Crippen LogP contribution in [0.1, 0.15) is 45.9 Å². The van der Waals surface area contributed by atoms with Crippen LogP contribution >= 0.6 is 11.3 Å². The number of nitrogens with one attached hydrogen (secondary N) is 1. The molecule has 0 bridgehead atoms. The van der Waals surface area contributed by atoms with Crippen molar-refractivity contribution in [2.75, 3.05) is 5.32 Å². The van der Waals surface area contributed by atoms with Crippen LogP contribution in [0.5, 0.6) is 0 Å². The Bertz CT molecular complexity index is 891. The van der Waals surface area contributed by atoms with Gasteiger partial charge in [0.15, 0.2) is 15.0 Å². The minimum absolute atomic E-state index is 0.137. The second-order valence-corrected chi connectivity index (χ2v) is 10.8.